The number of hydrogen-bond acceptors (Lipinski definition) is 13. The third-order valence-corrected chi connectivity index (χ3v) is 13.9. The van der Waals surface area contributed by atoms with Crippen LogP contribution in [0.2, 0.25) is 5.02 Å². The fourth-order valence-corrected chi connectivity index (χ4v) is 9.52. The molecule has 1 fully saturated rings. The number of ether oxygens (including phenoxy) is 4. The lowest BCUT2D eigenvalue weighted by Crippen LogP contribution is -2.58. The number of rotatable bonds is 22. The molecule has 2 aliphatic heterocycles. The summed E-state index contributed by atoms with van der Waals surface area (Å²) in [4.78, 5) is 60.7. The molecule has 4 unspecified atom stereocenters. The Kier molecular flexibility index (Phi) is 17.9. The van der Waals surface area contributed by atoms with Gasteiger partial charge in [-0.05, 0) is 106 Å². The van der Waals surface area contributed by atoms with Gasteiger partial charge in [-0.3, -0.25) is 24.2 Å². The number of nitrogens with one attached hydrogen (secondary N) is 2. The molecule has 0 spiro atoms. The highest BCUT2D eigenvalue weighted by atomic mass is 35.5. The van der Waals surface area contributed by atoms with Gasteiger partial charge >= 0.3 is 5.97 Å². The second-order valence-corrected chi connectivity index (χ2v) is 20.9. The molecule has 2 N–H and O–H groups in total. The zero-order chi connectivity index (χ0) is 54.1. The first-order chi connectivity index (χ1) is 36.5. The number of aromatic nitrogens is 3. The molecule has 3 aromatic heterocycles. The monoisotopic (exact) mass is 1060 g/mol. The number of furan rings is 2. The Morgan fingerprint density at radius 2 is 1.55 bits per heavy atom. The highest BCUT2D eigenvalue weighted by Crippen LogP contribution is 2.37. The molecule has 4 atom stereocenters. The van der Waals surface area contributed by atoms with Crippen molar-refractivity contribution in [3.63, 3.8) is 0 Å². The number of carbonyl (C=O) groups is 4. The molecule has 2 aliphatic rings. The molecule has 6 aromatic rings. The molecule has 8 rings (SSSR count). The highest BCUT2D eigenvalue weighted by Gasteiger charge is 2.42. The Bertz CT molecular complexity index is 3010. The number of benzene rings is 3. The number of nitrogens with zero attached hydrogens (tertiary/aromatic N) is 5. The molecule has 18 heteroatoms. The van der Waals surface area contributed by atoms with Crippen LogP contribution in [0.15, 0.2) is 99.0 Å². The Balaban J connectivity index is 0.715. The molecule has 1 saturated heterocycles. The van der Waals surface area contributed by atoms with Gasteiger partial charge < -0.3 is 43.3 Å². The summed E-state index contributed by atoms with van der Waals surface area (Å²) in [6.07, 6.45) is 3.50. The fourth-order valence-electron chi connectivity index (χ4n) is 9.39. The summed E-state index contributed by atoms with van der Waals surface area (Å²) < 4.78 is 37.0. The molecule has 17 nitrogen and oxygen atoms in total. The number of esters is 1. The van der Waals surface area contributed by atoms with Crippen molar-refractivity contribution < 1.29 is 47.0 Å². The minimum absolute atomic E-state index is 0.0757. The van der Waals surface area contributed by atoms with E-state index in [1.165, 1.54) is 0 Å². The van der Waals surface area contributed by atoms with E-state index in [-0.39, 0.29) is 24.8 Å². The molecule has 76 heavy (non-hydrogen) atoms. The first kappa shape index (κ1) is 55.2. The van der Waals surface area contributed by atoms with Crippen LogP contribution in [-0.2, 0) is 39.9 Å². The third-order valence-electron chi connectivity index (χ3n) is 13.7. The quantitative estimate of drug-likeness (QED) is 0.0482. The predicted molar refractivity (Wildman–Crippen MR) is 286 cm³/mol. The van der Waals surface area contributed by atoms with Crippen molar-refractivity contribution in [2.75, 3.05) is 39.6 Å². The number of carbonyl (C=O) groups excluding carboxylic acids is 4. The summed E-state index contributed by atoms with van der Waals surface area (Å²) in [5.41, 5.74) is 6.35. The Morgan fingerprint density at radius 3 is 2.25 bits per heavy atom. The lowest BCUT2D eigenvalue weighted by Gasteiger charge is -2.35. The minimum Gasteiger partial charge on any atom is -0.494 e. The second kappa shape index (κ2) is 24.7. The normalized spacial score (nSPS) is 16.0. The number of likely N-dealkylation sites (tertiary alicyclic amines) is 1. The SMILES string of the molecule is Cc1ccoc1-c1ccc(CNC(=O)C2CCCN2C(=O)C(NC(=O)COCCCOCCCOc2ccc(C(C)OC(=O)CC3N=C(c4ccc(Cl)cc4)c4c(oc(C)c4C)-n4c(C)nnc43)cc2)C(C)(C)C)cc1. The van der Waals surface area contributed by atoms with Crippen LogP contribution in [-0.4, -0.2) is 101 Å². The number of aryl methyl sites for hydroxylation is 3. The molecular weight excluding hydrogens is 990 g/mol. The van der Waals surface area contributed by atoms with Gasteiger partial charge in [-0.25, -0.2) is 4.57 Å². The largest absolute Gasteiger partial charge is 0.494 e. The van der Waals surface area contributed by atoms with Crippen molar-refractivity contribution in [1.82, 2.24) is 30.3 Å². The van der Waals surface area contributed by atoms with E-state index in [0.717, 1.165) is 50.5 Å². The van der Waals surface area contributed by atoms with E-state index < -0.39 is 41.5 Å². The van der Waals surface area contributed by atoms with E-state index >= 15 is 0 Å². The lowest BCUT2D eigenvalue weighted by molar-refractivity contribution is -0.149. The Labute approximate surface area is 448 Å². The van der Waals surface area contributed by atoms with Crippen LogP contribution in [0.5, 0.6) is 5.75 Å². The number of amides is 3. The summed E-state index contributed by atoms with van der Waals surface area (Å²) in [6.45, 7) is 17.4. The number of aliphatic imine (C=N–C) groups is 1. The van der Waals surface area contributed by atoms with Crippen molar-refractivity contribution in [2.24, 2.45) is 10.4 Å². The number of halogens is 1. The summed E-state index contributed by atoms with van der Waals surface area (Å²) in [5, 5.41) is 15.2. The first-order valence-corrected chi connectivity index (χ1v) is 26.3. The van der Waals surface area contributed by atoms with Gasteiger partial charge in [-0.1, -0.05) is 80.9 Å². The van der Waals surface area contributed by atoms with Crippen molar-refractivity contribution >= 4 is 41.0 Å². The third kappa shape index (κ3) is 13.3. The van der Waals surface area contributed by atoms with Crippen molar-refractivity contribution in [2.45, 2.75) is 118 Å². The minimum atomic E-state index is -0.848. The fraction of sp³-hybridized carbons (Fsp3) is 0.431. The molecular formula is C58H68ClN7O10. The lowest BCUT2D eigenvalue weighted by atomic mass is 9.85. The first-order valence-electron chi connectivity index (χ1n) is 25.9. The van der Waals surface area contributed by atoms with Crippen LogP contribution in [0.3, 0.4) is 0 Å². The van der Waals surface area contributed by atoms with Crippen molar-refractivity contribution in [3.8, 4) is 23.0 Å². The molecule has 3 amide bonds. The molecule has 3 aromatic carbocycles. The molecule has 5 heterocycles. The standard InChI is InChI=1S/C58H68ClN7O10/c1-35-25-31-74-52(35)43-15-13-40(14-16-43)33-60-55(69)47-12-9-26-65(47)56(70)53(58(6,7)8)62-48(67)34-72-29-10-27-71-28-11-30-73-45-23-19-41(20-24-45)38(4)75-49(68)32-46-54-64-63-39(5)66(54)57-50(36(2)37(3)76-57)51(61-46)42-17-21-44(59)22-18-42/h13-25,31,38,46-47,53H,9-12,26-30,32-34H2,1-8H3,(H,60,69)(H,62,67). The van der Waals surface area contributed by atoms with Crippen LogP contribution >= 0.6 is 11.6 Å². The maximum atomic E-state index is 14.0. The topological polar surface area (TPSA) is 202 Å². The van der Waals surface area contributed by atoms with E-state index in [0.29, 0.717) is 99.2 Å². The summed E-state index contributed by atoms with van der Waals surface area (Å²) in [7, 11) is 0. The van der Waals surface area contributed by atoms with E-state index in [9.17, 15) is 19.2 Å². The average molecular weight is 1060 g/mol. The summed E-state index contributed by atoms with van der Waals surface area (Å²) in [5.74, 6) is 2.51. The Hall–Kier alpha value is -7.08. The van der Waals surface area contributed by atoms with E-state index in [1.807, 2.05) is 127 Å². The highest BCUT2D eigenvalue weighted by molar-refractivity contribution is 6.30. The average Bonchev–Trinajstić information content (AvgIpc) is 4.21. The molecule has 0 aliphatic carbocycles. The van der Waals surface area contributed by atoms with Crippen molar-refractivity contribution in [3.05, 3.63) is 141 Å². The van der Waals surface area contributed by atoms with Gasteiger partial charge in [0.05, 0.1) is 30.6 Å². The van der Waals surface area contributed by atoms with E-state index in [1.54, 1.807) is 23.3 Å². The summed E-state index contributed by atoms with van der Waals surface area (Å²) in [6, 6.07) is 22.4. The van der Waals surface area contributed by atoms with Crippen LogP contribution in [0.25, 0.3) is 17.2 Å². The van der Waals surface area contributed by atoms with Gasteiger partial charge in [0, 0.05) is 61.0 Å². The van der Waals surface area contributed by atoms with Crippen LogP contribution in [0.1, 0.15) is 123 Å². The molecule has 0 radical (unpaired) electrons. The Morgan fingerprint density at radius 1 is 0.855 bits per heavy atom. The van der Waals surface area contributed by atoms with Gasteiger partial charge in [0.2, 0.25) is 23.6 Å². The van der Waals surface area contributed by atoms with Gasteiger partial charge in [-0.15, -0.1) is 10.2 Å². The van der Waals surface area contributed by atoms with Gasteiger partial charge in [-0.2, -0.15) is 0 Å². The smallest absolute Gasteiger partial charge is 0.309 e. The summed E-state index contributed by atoms with van der Waals surface area (Å²) >= 11 is 6.24. The molecule has 0 bridgehead atoms. The van der Waals surface area contributed by atoms with Crippen LogP contribution in [0.4, 0.5) is 0 Å². The maximum Gasteiger partial charge on any atom is 0.309 e. The zero-order valence-electron chi connectivity index (χ0n) is 44.6. The van der Waals surface area contributed by atoms with Gasteiger partial charge in [0.15, 0.2) is 5.82 Å². The number of hydrogen-bond donors (Lipinski definition) is 2. The maximum absolute atomic E-state index is 14.0. The van der Waals surface area contributed by atoms with Crippen molar-refractivity contribution in [1.29, 1.82) is 0 Å². The van der Waals surface area contributed by atoms with Gasteiger partial charge in [0.25, 0.3) is 0 Å². The number of fused-ring (bicyclic) bond motifs is 3. The predicted octanol–water partition coefficient (Wildman–Crippen LogP) is 9.62. The van der Waals surface area contributed by atoms with Crippen LogP contribution in [0, 0.1) is 33.1 Å². The van der Waals surface area contributed by atoms with Gasteiger partial charge in [0.1, 0.15) is 53.9 Å². The van der Waals surface area contributed by atoms with E-state index in [2.05, 4.69) is 20.8 Å². The molecule has 0 saturated carbocycles. The molecule has 402 valence electrons. The zero-order valence-corrected chi connectivity index (χ0v) is 45.3. The van der Waals surface area contributed by atoms with Crippen LogP contribution < -0.4 is 15.4 Å². The van der Waals surface area contributed by atoms with E-state index in [4.69, 9.17) is 44.4 Å². The second-order valence-electron chi connectivity index (χ2n) is 20.4.